The number of hydrogen-bond donors (Lipinski definition) is 1. The van der Waals surface area contributed by atoms with Crippen molar-refractivity contribution < 1.29 is 4.79 Å². The molecule has 1 atom stereocenters. The van der Waals surface area contributed by atoms with E-state index in [0.717, 1.165) is 25.8 Å². The molecule has 0 saturated carbocycles. The van der Waals surface area contributed by atoms with Gasteiger partial charge < -0.3 is 10.2 Å². The summed E-state index contributed by atoms with van der Waals surface area (Å²) in [5, 5.41) is 3.27. The minimum Gasteiger partial charge on any atom is -0.373 e. The van der Waals surface area contributed by atoms with Gasteiger partial charge in [-0.05, 0) is 37.8 Å². The topological polar surface area (TPSA) is 45.2 Å². The second kappa shape index (κ2) is 6.24. The number of pyridine rings is 1. The van der Waals surface area contributed by atoms with Gasteiger partial charge in [0, 0.05) is 25.2 Å². The van der Waals surface area contributed by atoms with E-state index >= 15 is 0 Å². The number of amides is 1. The maximum atomic E-state index is 12.6. The summed E-state index contributed by atoms with van der Waals surface area (Å²) in [5.41, 5.74) is 0.615. The Morgan fingerprint density at radius 1 is 1.53 bits per heavy atom. The number of carbonyl (C=O) groups is 1. The molecule has 19 heavy (non-hydrogen) atoms. The van der Waals surface area contributed by atoms with Gasteiger partial charge in [-0.2, -0.15) is 0 Å². The van der Waals surface area contributed by atoms with E-state index in [1.165, 1.54) is 6.42 Å². The Morgan fingerprint density at radius 3 is 3.00 bits per heavy atom. The fraction of sp³-hybridized carbons (Fsp3) is 0.571. The molecule has 1 unspecified atom stereocenters. The number of likely N-dealkylation sites (tertiary alicyclic amines) is 1. The zero-order valence-electron chi connectivity index (χ0n) is 11.4. The third-order valence-electron chi connectivity index (χ3n) is 3.66. The SMILES string of the molecule is CCC1CCCCN1C(=O)c1cc(Cl)nc(NC)c1. The molecule has 0 aromatic carbocycles. The lowest BCUT2D eigenvalue weighted by molar-refractivity contribution is 0.0608. The summed E-state index contributed by atoms with van der Waals surface area (Å²) in [5.74, 6) is 0.688. The molecular formula is C14H20ClN3O. The lowest BCUT2D eigenvalue weighted by Gasteiger charge is -2.35. The lowest BCUT2D eigenvalue weighted by Crippen LogP contribution is -2.43. The normalized spacial score (nSPS) is 19.3. The van der Waals surface area contributed by atoms with Gasteiger partial charge >= 0.3 is 0 Å². The van der Waals surface area contributed by atoms with E-state index in [9.17, 15) is 4.79 Å². The fourth-order valence-electron chi connectivity index (χ4n) is 2.61. The molecule has 1 aliphatic heterocycles. The van der Waals surface area contributed by atoms with E-state index in [0.29, 0.717) is 22.6 Å². The molecule has 1 amide bonds. The highest BCUT2D eigenvalue weighted by Gasteiger charge is 2.26. The molecule has 1 saturated heterocycles. The van der Waals surface area contributed by atoms with Gasteiger partial charge in [0.25, 0.3) is 5.91 Å². The number of nitrogens with zero attached hydrogens (tertiary/aromatic N) is 2. The molecule has 1 N–H and O–H groups in total. The molecule has 5 heteroatoms. The number of aromatic nitrogens is 1. The first kappa shape index (κ1) is 14.1. The van der Waals surface area contributed by atoms with Gasteiger partial charge in [0.05, 0.1) is 0 Å². The molecule has 0 spiro atoms. The molecule has 0 aliphatic carbocycles. The van der Waals surface area contributed by atoms with Crippen LogP contribution in [0.25, 0.3) is 0 Å². The minimum atomic E-state index is 0.0624. The van der Waals surface area contributed by atoms with Crippen LogP contribution in [-0.2, 0) is 0 Å². The molecule has 104 valence electrons. The number of rotatable bonds is 3. The molecule has 1 fully saturated rings. The number of hydrogen-bond acceptors (Lipinski definition) is 3. The third-order valence-corrected chi connectivity index (χ3v) is 3.85. The summed E-state index contributed by atoms with van der Waals surface area (Å²) in [4.78, 5) is 18.7. The maximum absolute atomic E-state index is 12.6. The highest BCUT2D eigenvalue weighted by Crippen LogP contribution is 2.23. The van der Waals surface area contributed by atoms with Gasteiger partial charge in [-0.25, -0.2) is 4.98 Å². The van der Waals surface area contributed by atoms with Gasteiger partial charge in [-0.15, -0.1) is 0 Å². The molecule has 4 nitrogen and oxygen atoms in total. The summed E-state index contributed by atoms with van der Waals surface area (Å²) >= 11 is 5.96. The second-order valence-electron chi connectivity index (χ2n) is 4.87. The molecule has 2 heterocycles. The quantitative estimate of drug-likeness (QED) is 0.866. The van der Waals surface area contributed by atoms with Crippen molar-refractivity contribution in [3.05, 3.63) is 22.8 Å². The van der Waals surface area contributed by atoms with Crippen LogP contribution in [0.1, 0.15) is 43.0 Å². The molecular weight excluding hydrogens is 262 g/mol. The van der Waals surface area contributed by atoms with Crippen LogP contribution in [0, 0.1) is 0 Å². The van der Waals surface area contributed by atoms with Crippen molar-refractivity contribution in [2.75, 3.05) is 18.9 Å². The standard InChI is InChI=1S/C14H20ClN3O/c1-3-11-6-4-5-7-18(11)14(19)10-8-12(15)17-13(9-10)16-2/h8-9,11H,3-7H2,1-2H3,(H,16,17). The Balaban J connectivity index is 2.24. The first-order chi connectivity index (χ1) is 9.15. The van der Waals surface area contributed by atoms with Gasteiger partial charge in [0.1, 0.15) is 11.0 Å². The highest BCUT2D eigenvalue weighted by molar-refractivity contribution is 6.29. The van der Waals surface area contributed by atoms with E-state index in [1.54, 1.807) is 19.2 Å². The first-order valence-electron chi connectivity index (χ1n) is 6.82. The largest absolute Gasteiger partial charge is 0.373 e. The Kier molecular flexibility index (Phi) is 4.64. The van der Waals surface area contributed by atoms with Crippen LogP contribution < -0.4 is 5.32 Å². The van der Waals surface area contributed by atoms with E-state index < -0.39 is 0 Å². The van der Waals surface area contributed by atoms with E-state index in [4.69, 9.17) is 11.6 Å². The third kappa shape index (κ3) is 3.18. The first-order valence-corrected chi connectivity index (χ1v) is 7.19. The van der Waals surface area contributed by atoms with Crippen molar-refractivity contribution in [2.24, 2.45) is 0 Å². The van der Waals surface area contributed by atoms with Gasteiger partial charge in [0.15, 0.2) is 0 Å². The van der Waals surface area contributed by atoms with Crippen molar-refractivity contribution in [3.8, 4) is 0 Å². The van der Waals surface area contributed by atoms with Gasteiger partial charge in [-0.3, -0.25) is 4.79 Å². The molecule has 1 aromatic rings. The van der Waals surface area contributed by atoms with Gasteiger partial charge in [0.2, 0.25) is 0 Å². The zero-order chi connectivity index (χ0) is 13.8. The van der Waals surface area contributed by atoms with Crippen LogP contribution in [-0.4, -0.2) is 35.4 Å². The summed E-state index contributed by atoms with van der Waals surface area (Å²) in [6.07, 6.45) is 4.39. The Labute approximate surface area is 119 Å². The van der Waals surface area contributed by atoms with Crippen LogP contribution >= 0.6 is 11.6 Å². The summed E-state index contributed by atoms with van der Waals surface area (Å²) in [6, 6.07) is 3.76. The second-order valence-corrected chi connectivity index (χ2v) is 5.26. The summed E-state index contributed by atoms with van der Waals surface area (Å²) < 4.78 is 0. The van der Waals surface area contributed by atoms with Crippen molar-refractivity contribution in [1.82, 2.24) is 9.88 Å². The predicted octanol–water partition coefficient (Wildman–Crippen LogP) is 3.18. The van der Waals surface area contributed by atoms with Crippen LogP contribution in [0.4, 0.5) is 5.82 Å². The minimum absolute atomic E-state index is 0.0624. The number of carbonyl (C=O) groups excluding carboxylic acids is 1. The molecule has 2 rings (SSSR count). The van der Waals surface area contributed by atoms with Crippen LogP contribution in [0.2, 0.25) is 5.15 Å². The van der Waals surface area contributed by atoms with E-state index in [-0.39, 0.29) is 5.91 Å². The molecule has 0 bridgehead atoms. The molecule has 1 aliphatic rings. The number of anilines is 1. The summed E-state index contributed by atoms with van der Waals surface area (Å²) in [7, 11) is 1.77. The molecule has 0 radical (unpaired) electrons. The van der Waals surface area contributed by atoms with Crippen LogP contribution in [0.5, 0.6) is 0 Å². The Morgan fingerprint density at radius 2 is 2.32 bits per heavy atom. The highest BCUT2D eigenvalue weighted by atomic mass is 35.5. The number of nitrogens with one attached hydrogen (secondary N) is 1. The number of halogens is 1. The predicted molar refractivity (Wildman–Crippen MR) is 77.8 cm³/mol. The van der Waals surface area contributed by atoms with Crippen molar-refractivity contribution in [1.29, 1.82) is 0 Å². The molecule has 1 aromatic heterocycles. The number of piperidine rings is 1. The van der Waals surface area contributed by atoms with E-state index in [1.807, 2.05) is 4.90 Å². The van der Waals surface area contributed by atoms with Crippen molar-refractivity contribution in [3.63, 3.8) is 0 Å². The van der Waals surface area contributed by atoms with E-state index in [2.05, 4.69) is 17.2 Å². The Bertz CT molecular complexity index is 464. The summed E-state index contributed by atoms with van der Waals surface area (Å²) in [6.45, 7) is 2.97. The smallest absolute Gasteiger partial charge is 0.254 e. The average Bonchev–Trinajstić information content (AvgIpc) is 2.45. The average molecular weight is 282 g/mol. The fourth-order valence-corrected chi connectivity index (χ4v) is 2.82. The van der Waals surface area contributed by atoms with Gasteiger partial charge in [-0.1, -0.05) is 18.5 Å². The van der Waals surface area contributed by atoms with Crippen LogP contribution in [0.15, 0.2) is 12.1 Å². The monoisotopic (exact) mass is 281 g/mol. The zero-order valence-corrected chi connectivity index (χ0v) is 12.2. The van der Waals surface area contributed by atoms with Crippen molar-refractivity contribution in [2.45, 2.75) is 38.6 Å². The lowest BCUT2D eigenvalue weighted by atomic mass is 9.99. The van der Waals surface area contributed by atoms with Crippen LogP contribution in [0.3, 0.4) is 0 Å². The Hall–Kier alpha value is -1.29. The maximum Gasteiger partial charge on any atom is 0.254 e. The van der Waals surface area contributed by atoms with Crippen molar-refractivity contribution >= 4 is 23.3 Å².